The number of benzene rings is 2. The highest BCUT2D eigenvalue weighted by atomic mass is 14.3. The molecule has 0 saturated heterocycles. The molecule has 0 bridgehead atoms. The molecule has 126 valence electrons. The van der Waals surface area contributed by atoms with Crippen LogP contribution in [0.15, 0.2) is 42.0 Å². The van der Waals surface area contributed by atoms with E-state index in [9.17, 15) is 0 Å². The van der Waals surface area contributed by atoms with E-state index in [-0.39, 0.29) is 0 Å². The summed E-state index contributed by atoms with van der Waals surface area (Å²) in [7, 11) is 0. The summed E-state index contributed by atoms with van der Waals surface area (Å²) in [5.41, 5.74) is 10.3. The first-order valence-electron chi connectivity index (χ1n) is 9.49. The van der Waals surface area contributed by atoms with Crippen LogP contribution in [0.25, 0.3) is 6.08 Å². The number of allylic oxidation sites excluding steroid dienone is 1. The van der Waals surface area contributed by atoms with Crippen LogP contribution in [0.4, 0.5) is 0 Å². The van der Waals surface area contributed by atoms with Crippen molar-refractivity contribution in [3.8, 4) is 0 Å². The molecule has 0 unspecified atom stereocenters. The highest BCUT2D eigenvalue weighted by Crippen LogP contribution is 2.45. The van der Waals surface area contributed by atoms with Crippen LogP contribution in [0, 0.1) is 20.8 Å². The fourth-order valence-electron chi connectivity index (χ4n) is 4.35. The number of unbranched alkanes of at least 4 members (excludes halogenated alkanes) is 3. The summed E-state index contributed by atoms with van der Waals surface area (Å²) in [4.78, 5) is 0. The molecule has 3 rings (SSSR count). The van der Waals surface area contributed by atoms with Crippen LogP contribution >= 0.6 is 0 Å². The first-order chi connectivity index (χ1) is 11.6. The van der Waals surface area contributed by atoms with E-state index in [0.29, 0.717) is 5.92 Å². The van der Waals surface area contributed by atoms with Crippen molar-refractivity contribution in [3.63, 3.8) is 0 Å². The second kappa shape index (κ2) is 7.38. The maximum Gasteiger partial charge on any atom is 0.0313 e. The van der Waals surface area contributed by atoms with Gasteiger partial charge >= 0.3 is 0 Å². The zero-order valence-corrected chi connectivity index (χ0v) is 15.7. The summed E-state index contributed by atoms with van der Waals surface area (Å²) < 4.78 is 0. The maximum atomic E-state index is 2.46. The predicted molar refractivity (Wildman–Crippen MR) is 106 cm³/mol. The second-order valence-electron chi connectivity index (χ2n) is 7.40. The van der Waals surface area contributed by atoms with Crippen molar-refractivity contribution < 1.29 is 0 Å². The number of aryl methyl sites for hydroxylation is 3. The SMILES string of the molecule is CCCCCCC1=Cc2ccccc2[C@@H]1c1c(C)cc(C)cc1C. The summed E-state index contributed by atoms with van der Waals surface area (Å²) in [5, 5.41) is 0. The van der Waals surface area contributed by atoms with Gasteiger partial charge in [0, 0.05) is 5.92 Å². The predicted octanol–water partition coefficient (Wildman–Crippen LogP) is 7.11. The highest BCUT2D eigenvalue weighted by molar-refractivity contribution is 5.70. The third-order valence-corrected chi connectivity index (χ3v) is 5.36. The Bertz CT molecular complexity index is 725. The van der Waals surface area contributed by atoms with E-state index in [0.717, 1.165) is 0 Å². The fraction of sp³-hybridized carbons (Fsp3) is 0.417. The topological polar surface area (TPSA) is 0 Å². The Morgan fingerprint density at radius 3 is 2.29 bits per heavy atom. The van der Waals surface area contributed by atoms with Crippen LogP contribution in [-0.4, -0.2) is 0 Å². The molecule has 0 radical (unpaired) electrons. The van der Waals surface area contributed by atoms with E-state index in [1.165, 1.54) is 65.5 Å². The van der Waals surface area contributed by atoms with Crippen molar-refractivity contribution in [2.24, 2.45) is 0 Å². The summed E-state index contributed by atoms with van der Waals surface area (Å²) in [6.07, 6.45) is 9.01. The molecule has 1 aliphatic carbocycles. The van der Waals surface area contributed by atoms with Gasteiger partial charge in [0.2, 0.25) is 0 Å². The van der Waals surface area contributed by atoms with Gasteiger partial charge in [-0.15, -0.1) is 0 Å². The molecule has 0 heteroatoms. The zero-order chi connectivity index (χ0) is 17.1. The van der Waals surface area contributed by atoms with Crippen LogP contribution in [0.3, 0.4) is 0 Å². The molecule has 2 aromatic rings. The molecule has 2 aromatic carbocycles. The van der Waals surface area contributed by atoms with Crippen LogP contribution < -0.4 is 0 Å². The van der Waals surface area contributed by atoms with Crippen molar-refractivity contribution in [1.29, 1.82) is 0 Å². The Labute approximate surface area is 147 Å². The Balaban J connectivity index is 1.98. The van der Waals surface area contributed by atoms with Gasteiger partial charge in [-0.1, -0.05) is 79.8 Å². The van der Waals surface area contributed by atoms with Gasteiger partial charge < -0.3 is 0 Å². The monoisotopic (exact) mass is 318 g/mol. The molecule has 0 N–H and O–H groups in total. The van der Waals surface area contributed by atoms with Gasteiger partial charge in [0.1, 0.15) is 0 Å². The van der Waals surface area contributed by atoms with Crippen LogP contribution in [-0.2, 0) is 0 Å². The Kier molecular flexibility index (Phi) is 5.23. The van der Waals surface area contributed by atoms with E-state index in [4.69, 9.17) is 0 Å². The molecule has 1 atom stereocenters. The van der Waals surface area contributed by atoms with Gasteiger partial charge in [0.15, 0.2) is 0 Å². The van der Waals surface area contributed by atoms with Gasteiger partial charge in [-0.25, -0.2) is 0 Å². The third-order valence-electron chi connectivity index (χ3n) is 5.36. The van der Waals surface area contributed by atoms with E-state index >= 15 is 0 Å². The summed E-state index contributed by atoms with van der Waals surface area (Å²) in [6.45, 7) is 9.05. The van der Waals surface area contributed by atoms with Gasteiger partial charge in [-0.3, -0.25) is 0 Å². The molecule has 0 heterocycles. The lowest BCUT2D eigenvalue weighted by molar-refractivity contribution is 0.654. The van der Waals surface area contributed by atoms with Gasteiger partial charge in [-0.05, 0) is 61.4 Å². The lowest BCUT2D eigenvalue weighted by Gasteiger charge is -2.23. The number of hydrogen-bond donors (Lipinski definition) is 0. The van der Waals surface area contributed by atoms with E-state index in [2.05, 4.69) is 70.2 Å². The lowest BCUT2D eigenvalue weighted by Crippen LogP contribution is -2.07. The molecule has 0 nitrogen and oxygen atoms in total. The highest BCUT2D eigenvalue weighted by Gasteiger charge is 2.28. The first kappa shape index (κ1) is 17.0. The first-order valence-corrected chi connectivity index (χ1v) is 9.49. The molecule has 0 amide bonds. The minimum Gasteiger partial charge on any atom is -0.0654 e. The van der Waals surface area contributed by atoms with Crippen LogP contribution in [0.2, 0.25) is 0 Å². The Hall–Kier alpha value is -1.82. The number of fused-ring (bicyclic) bond motifs is 1. The minimum absolute atomic E-state index is 0.462. The fourth-order valence-corrected chi connectivity index (χ4v) is 4.35. The van der Waals surface area contributed by atoms with Gasteiger partial charge in [-0.2, -0.15) is 0 Å². The maximum absolute atomic E-state index is 2.46. The average molecular weight is 319 g/mol. The van der Waals surface area contributed by atoms with E-state index in [1.807, 2.05) is 0 Å². The normalized spacial score (nSPS) is 16.2. The smallest absolute Gasteiger partial charge is 0.0313 e. The largest absolute Gasteiger partial charge is 0.0654 e. The second-order valence-corrected chi connectivity index (χ2v) is 7.40. The molecule has 0 spiro atoms. The molecule has 0 fully saturated rings. The summed E-state index contributed by atoms with van der Waals surface area (Å²) in [5.74, 6) is 0.462. The number of rotatable bonds is 6. The van der Waals surface area contributed by atoms with Crippen molar-refractivity contribution in [2.45, 2.75) is 65.7 Å². The van der Waals surface area contributed by atoms with Crippen LogP contribution in [0.5, 0.6) is 0 Å². The Morgan fingerprint density at radius 2 is 1.58 bits per heavy atom. The molecule has 0 aliphatic heterocycles. The zero-order valence-electron chi connectivity index (χ0n) is 15.7. The van der Waals surface area contributed by atoms with E-state index < -0.39 is 0 Å². The van der Waals surface area contributed by atoms with Crippen molar-refractivity contribution in [2.75, 3.05) is 0 Å². The Morgan fingerprint density at radius 1 is 0.875 bits per heavy atom. The van der Waals surface area contributed by atoms with Crippen molar-refractivity contribution >= 4 is 6.08 Å². The minimum atomic E-state index is 0.462. The third kappa shape index (κ3) is 3.34. The van der Waals surface area contributed by atoms with Gasteiger partial charge in [0.05, 0.1) is 0 Å². The average Bonchev–Trinajstić information content (AvgIpc) is 2.89. The summed E-state index contributed by atoms with van der Waals surface area (Å²) in [6, 6.07) is 13.7. The molecule has 0 saturated carbocycles. The molecular weight excluding hydrogens is 288 g/mol. The van der Waals surface area contributed by atoms with Crippen LogP contribution in [0.1, 0.15) is 78.3 Å². The van der Waals surface area contributed by atoms with E-state index in [1.54, 1.807) is 5.57 Å². The molecule has 0 aromatic heterocycles. The lowest BCUT2D eigenvalue weighted by atomic mass is 9.81. The molecular formula is C24H30. The standard InChI is InChI=1S/C24H30/c1-5-6-7-8-12-21-16-20-11-9-10-13-22(20)24(21)23-18(3)14-17(2)15-19(23)4/h9-11,13-16,24H,5-8,12H2,1-4H3/t24-/m1/s1. The van der Waals surface area contributed by atoms with Gasteiger partial charge in [0.25, 0.3) is 0 Å². The van der Waals surface area contributed by atoms with Crippen molar-refractivity contribution in [3.05, 3.63) is 75.4 Å². The van der Waals surface area contributed by atoms with Crippen molar-refractivity contribution in [1.82, 2.24) is 0 Å². The quantitative estimate of drug-likeness (QED) is 0.498. The molecule has 1 aliphatic rings. The molecule has 24 heavy (non-hydrogen) atoms. The number of hydrogen-bond acceptors (Lipinski definition) is 0. The summed E-state index contributed by atoms with van der Waals surface area (Å²) >= 11 is 0.